The van der Waals surface area contributed by atoms with Gasteiger partial charge in [-0.3, -0.25) is 9.69 Å². The Bertz CT molecular complexity index is 987. The van der Waals surface area contributed by atoms with E-state index in [4.69, 9.17) is 0 Å². The van der Waals surface area contributed by atoms with Gasteiger partial charge in [-0.2, -0.15) is 0 Å². The number of fused-ring (bicyclic) bond motifs is 1. The highest BCUT2D eigenvalue weighted by Gasteiger charge is 2.37. The molecule has 0 saturated carbocycles. The van der Waals surface area contributed by atoms with Crippen molar-refractivity contribution in [2.75, 3.05) is 19.6 Å². The first-order chi connectivity index (χ1) is 13.7. The number of imidazole rings is 1. The number of hydrogen-bond donors (Lipinski definition) is 1. The van der Waals surface area contributed by atoms with E-state index in [9.17, 15) is 4.79 Å². The zero-order chi connectivity index (χ0) is 19.1. The molecule has 3 aromatic rings. The molecule has 1 amide bonds. The molecule has 2 fully saturated rings. The van der Waals surface area contributed by atoms with Gasteiger partial charge < -0.3 is 9.88 Å². The molecular weight excluding hydrogens is 348 g/mol. The van der Waals surface area contributed by atoms with Crippen molar-refractivity contribution in [3.63, 3.8) is 0 Å². The van der Waals surface area contributed by atoms with Crippen LogP contribution in [0, 0.1) is 0 Å². The number of amides is 1. The van der Waals surface area contributed by atoms with Crippen LogP contribution in [0.2, 0.25) is 0 Å². The van der Waals surface area contributed by atoms with Gasteiger partial charge in [0.2, 0.25) is 0 Å². The molecule has 5 nitrogen and oxygen atoms in total. The van der Waals surface area contributed by atoms with Crippen LogP contribution in [0.5, 0.6) is 0 Å². The van der Waals surface area contributed by atoms with Crippen molar-refractivity contribution < 1.29 is 4.79 Å². The van der Waals surface area contributed by atoms with Gasteiger partial charge in [0.15, 0.2) is 0 Å². The lowest BCUT2D eigenvalue weighted by molar-refractivity contribution is 0.00213. The molecule has 144 valence electrons. The van der Waals surface area contributed by atoms with E-state index in [1.165, 1.54) is 25.8 Å². The molecule has 0 radical (unpaired) electrons. The van der Waals surface area contributed by atoms with Crippen LogP contribution in [0.4, 0.5) is 0 Å². The predicted molar refractivity (Wildman–Crippen MR) is 111 cm³/mol. The first-order valence-electron chi connectivity index (χ1n) is 10.3. The smallest absolute Gasteiger partial charge is 0.253 e. The van der Waals surface area contributed by atoms with E-state index in [2.05, 4.69) is 33.9 Å². The van der Waals surface area contributed by atoms with Gasteiger partial charge in [0.25, 0.3) is 5.91 Å². The summed E-state index contributed by atoms with van der Waals surface area (Å²) in [6.45, 7) is 5.23. The minimum absolute atomic E-state index is 0.150. The third-order valence-electron chi connectivity index (χ3n) is 6.36. The second-order valence-electron chi connectivity index (χ2n) is 8.16. The molecule has 1 aromatic heterocycles. The van der Waals surface area contributed by atoms with Crippen LogP contribution >= 0.6 is 0 Å². The molecular formula is C23H26N4O. The Balaban J connectivity index is 1.25. The summed E-state index contributed by atoms with van der Waals surface area (Å²) in [4.78, 5) is 24.8. The average Bonchev–Trinajstić information content (AvgIpc) is 3.16. The van der Waals surface area contributed by atoms with Gasteiger partial charge >= 0.3 is 0 Å². The zero-order valence-electron chi connectivity index (χ0n) is 16.3. The number of H-pyrrole nitrogens is 1. The number of likely N-dealkylation sites (tertiary alicyclic amines) is 2. The molecule has 0 spiro atoms. The van der Waals surface area contributed by atoms with E-state index in [0.29, 0.717) is 12.1 Å². The van der Waals surface area contributed by atoms with Gasteiger partial charge in [0, 0.05) is 30.7 Å². The number of hydrogen-bond acceptors (Lipinski definition) is 3. The average molecular weight is 374 g/mol. The van der Waals surface area contributed by atoms with Gasteiger partial charge in [0.1, 0.15) is 0 Å². The summed E-state index contributed by atoms with van der Waals surface area (Å²) in [5.74, 6) is 0.150. The first-order valence-corrected chi connectivity index (χ1v) is 10.3. The monoisotopic (exact) mass is 374 g/mol. The molecule has 1 unspecified atom stereocenters. The summed E-state index contributed by atoms with van der Waals surface area (Å²) < 4.78 is 0. The summed E-state index contributed by atoms with van der Waals surface area (Å²) in [5, 5.41) is 0. The maximum absolute atomic E-state index is 12.8. The Morgan fingerprint density at radius 1 is 1.07 bits per heavy atom. The van der Waals surface area contributed by atoms with Crippen molar-refractivity contribution in [3.8, 4) is 11.1 Å². The SMILES string of the molecule is CC1CCCCN1C1CN(C(=O)c2ccc(-c3ccc4nc[nH]c4c3)cc2)C1. The molecule has 5 rings (SSSR count). The Morgan fingerprint density at radius 3 is 2.64 bits per heavy atom. The highest BCUT2D eigenvalue weighted by Crippen LogP contribution is 2.27. The van der Waals surface area contributed by atoms with Crippen molar-refractivity contribution in [1.29, 1.82) is 0 Å². The number of carbonyl (C=O) groups is 1. The van der Waals surface area contributed by atoms with E-state index in [1.807, 2.05) is 35.2 Å². The summed E-state index contributed by atoms with van der Waals surface area (Å²) >= 11 is 0. The Morgan fingerprint density at radius 2 is 1.86 bits per heavy atom. The lowest BCUT2D eigenvalue weighted by Gasteiger charge is -2.49. The largest absolute Gasteiger partial charge is 0.345 e. The first kappa shape index (κ1) is 17.4. The van der Waals surface area contributed by atoms with E-state index in [1.54, 1.807) is 6.33 Å². The normalized spacial score (nSPS) is 21.0. The van der Waals surface area contributed by atoms with E-state index < -0.39 is 0 Å². The van der Waals surface area contributed by atoms with Gasteiger partial charge in [-0.25, -0.2) is 4.98 Å². The van der Waals surface area contributed by atoms with Crippen LogP contribution in [0.1, 0.15) is 36.5 Å². The van der Waals surface area contributed by atoms with Crippen LogP contribution < -0.4 is 0 Å². The zero-order valence-corrected chi connectivity index (χ0v) is 16.3. The Hall–Kier alpha value is -2.66. The minimum atomic E-state index is 0.150. The number of benzene rings is 2. The molecule has 1 atom stereocenters. The number of aromatic amines is 1. The Kier molecular flexibility index (Phi) is 4.40. The van der Waals surface area contributed by atoms with Crippen molar-refractivity contribution in [2.24, 2.45) is 0 Å². The van der Waals surface area contributed by atoms with Gasteiger partial charge in [-0.1, -0.05) is 24.6 Å². The fourth-order valence-electron chi connectivity index (χ4n) is 4.60. The minimum Gasteiger partial charge on any atom is -0.345 e. The third kappa shape index (κ3) is 3.10. The number of rotatable bonds is 3. The summed E-state index contributed by atoms with van der Waals surface area (Å²) in [7, 11) is 0. The highest BCUT2D eigenvalue weighted by atomic mass is 16.2. The van der Waals surface area contributed by atoms with E-state index in [-0.39, 0.29) is 5.91 Å². The molecule has 3 heterocycles. The third-order valence-corrected chi connectivity index (χ3v) is 6.36. The van der Waals surface area contributed by atoms with Crippen LogP contribution in [-0.2, 0) is 0 Å². The predicted octanol–water partition coefficient (Wildman–Crippen LogP) is 3.93. The summed E-state index contributed by atoms with van der Waals surface area (Å²) in [6.07, 6.45) is 5.63. The second kappa shape index (κ2) is 7.06. The number of piperidine rings is 1. The quantitative estimate of drug-likeness (QED) is 0.756. The molecule has 28 heavy (non-hydrogen) atoms. The fourth-order valence-corrected chi connectivity index (χ4v) is 4.60. The van der Waals surface area contributed by atoms with Crippen molar-refractivity contribution >= 4 is 16.9 Å². The lowest BCUT2D eigenvalue weighted by atomic mass is 9.96. The van der Waals surface area contributed by atoms with Crippen molar-refractivity contribution in [2.45, 2.75) is 38.3 Å². The van der Waals surface area contributed by atoms with Gasteiger partial charge in [-0.15, -0.1) is 0 Å². The topological polar surface area (TPSA) is 52.2 Å². The summed E-state index contributed by atoms with van der Waals surface area (Å²) in [5.41, 5.74) is 4.99. The van der Waals surface area contributed by atoms with Crippen molar-refractivity contribution in [1.82, 2.24) is 19.8 Å². The number of nitrogens with one attached hydrogen (secondary N) is 1. The van der Waals surface area contributed by atoms with E-state index >= 15 is 0 Å². The standard InChI is InChI=1S/C23H26N4O/c1-16-4-2-3-11-27(16)20-13-26(14-20)23(28)18-7-5-17(6-8-18)19-9-10-21-22(12-19)25-15-24-21/h5-10,12,15-16,20H,2-4,11,13-14H2,1H3,(H,24,25). The lowest BCUT2D eigenvalue weighted by Crippen LogP contribution is -2.63. The molecule has 5 heteroatoms. The van der Waals surface area contributed by atoms with Crippen LogP contribution in [0.15, 0.2) is 48.8 Å². The maximum Gasteiger partial charge on any atom is 0.253 e. The maximum atomic E-state index is 12.8. The molecule has 0 bridgehead atoms. The van der Waals surface area contributed by atoms with Gasteiger partial charge in [-0.05, 0) is 61.7 Å². The number of aromatic nitrogens is 2. The fraction of sp³-hybridized carbons (Fsp3) is 0.391. The van der Waals surface area contributed by atoms with Crippen molar-refractivity contribution in [3.05, 3.63) is 54.4 Å². The molecule has 0 aliphatic carbocycles. The van der Waals surface area contributed by atoms with Gasteiger partial charge in [0.05, 0.1) is 17.4 Å². The molecule has 2 saturated heterocycles. The molecule has 2 aromatic carbocycles. The molecule has 2 aliphatic heterocycles. The number of carbonyl (C=O) groups excluding carboxylic acids is 1. The van der Waals surface area contributed by atoms with Crippen LogP contribution in [0.25, 0.3) is 22.2 Å². The molecule has 2 aliphatic rings. The Labute approximate surface area is 165 Å². The molecule has 1 N–H and O–H groups in total. The van der Waals surface area contributed by atoms with Crippen LogP contribution in [0.3, 0.4) is 0 Å². The van der Waals surface area contributed by atoms with Crippen LogP contribution in [-0.4, -0.2) is 57.4 Å². The summed E-state index contributed by atoms with van der Waals surface area (Å²) in [6, 6.07) is 15.4. The second-order valence-corrected chi connectivity index (χ2v) is 8.16. The highest BCUT2D eigenvalue weighted by molar-refractivity contribution is 5.95. The van der Waals surface area contributed by atoms with E-state index in [0.717, 1.165) is 40.8 Å². The number of nitrogens with zero attached hydrogens (tertiary/aromatic N) is 3.